The molecule has 3 amide bonds. The van der Waals surface area contributed by atoms with E-state index in [1.54, 1.807) is 24.3 Å². The number of carboxylic acids is 2. The molecule has 0 aromatic heterocycles. The highest BCUT2D eigenvalue weighted by Crippen LogP contribution is 2.01. The molecule has 0 bridgehead atoms. The fourth-order valence-electron chi connectivity index (χ4n) is 2.23. The van der Waals surface area contributed by atoms with Gasteiger partial charge in [0.1, 0.15) is 24.7 Å². The Morgan fingerprint density at radius 3 is 2.03 bits per heavy atom. The molecule has 30 heavy (non-hydrogen) atoms. The maximum absolute atomic E-state index is 12.1. The Kier molecular flexibility index (Phi) is 9.80. The fraction of sp³-hybridized carbons (Fsp3) is 0.421. The predicted molar refractivity (Wildman–Crippen MR) is 103 cm³/mol. The minimum absolute atomic E-state index is 0.0206. The van der Waals surface area contributed by atoms with Gasteiger partial charge in [-0.3, -0.25) is 14.4 Å². The van der Waals surface area contributed by atoms with Gasteiger partial charge in [-0.25, -0.2) is 9.59 Å². The summed E-state index contributed by atoms with van der Waals surface area (Å²) in [7, 11) is 0. The summed E-state index contributed by atoms with van der Waals surface area (Å²) in [6.45, 7) is 2.73. The zero-order chi connectivity index (χ0) is 22.7. The number of alkyl carbamates (subject to hydrolysis) is 1. The standard InChI is InChI=1S/C19H25N3O8/c1-11(17(26)22-14(18(27)28)8-9-15(23)24)20-16(25)12(2)21-19(29)30-10-13-6-4-3-5-7-13/h3-7,11-12,14H,8-10H2,1-2H3,(H,20,25)(H,21,29)(H,22,26)(H,23,24)(H,27,28)/t11-,12-,14-/m0/s1. The van der Waals surface area contributed by atoms with Crippen LogP contribution in [0.1, 0.15) is 32.3 Å². The van der Waals surface area contributed by atoms with Crippen LogP contribution in [0.4, 0.5) is 4.79 Å². The molecule has 0 aliphatic heterocycles. The van der Waals surface area contributed by atoms with E-state index in [9.17, 15) is 24.0 Å². The third-order valence-corrected chi connectivity index (χ3v) is 3.95. The molecule has 1 aromatic rings. The molecule has 0 aliphatic rings. The molecule has 0 unspecified atom stereocenters. The molecule has 1 aromatic carbocycles. The number of benzene rings is 1. The number of ether oxygens (including phenoxy) is 1. The van der Waals surface area contributed by atoms with E-state index in [0.717, 1.165) is 5.56 Å². The average Bonchev–Trinajstić information content (AvgIpc) is 2.69. The van der Waals surface area contributed by atoms with Crippen molar-refractivity contribution in [2.45, 2.75) is 51.4 Å². The second kappa shape index (κ2) is 12.0. The lowest BCUT2D eigenvalue weighted by Gasteiger charge is -2.20. The van der Waals surface area contributed by atoms with E-state index in [4.69, 9.17) is 14.9 Å². The van der Waals surface area contributed by atoms with Crippen LogP contribution in [-0.2, 0) is 30.5 Å². The SMILES string of the molecule is C[C@H](NC(=O)OCc1ccccc1)C(=O)N[C@@H](C)C(=O)N[C@@H](CCC(=O)O)C(=O)O. The zero-order valence-electron chi connectivity index (χ0n) is 16.6. The molecule has 3 atom stereocenters. The highest BCUT2D eigenvalue weighted by molar-refractivity contribution is 5.92. The summed E-state index contributed by atoms with van der Waals surface area (Å²) < 4.78 is 5.00. The van der Waals surface area contributed by atoms with Crippen molar-refractivity contribution in [3.05, 3.63) is 35.9 Å². The molecule has 1 rings (SSSR count). The van der Waals surface area contributed by atoms with Crippen LogP contribution in [-0.4, -0.2) is 58.2 Å². The van der Waals surface area contributed by atoms with E-state index < -0.39 is 54.4 Å². The fourth-order valence-corrected chi connectivity index (χ4v) is 2.23. The van der Waals surface area contributed by atoms with Gasteiger partial charge in [-0.2, -0.15) is 0 Å². The number of carboxylic acid groups (broad SMARTS) is 2. The molecule has 11 heteroatoms. The molecule has 5 N–H and O–H groups in total. The Labute approximate surface area is 172 Å². The number of hydrogen-bond donors (Lipinski definition) is 5. The van der Waals surface area contributed by atoms with Crippen LogP contribution in [0.15, 0.2) is 30.3 Å². The van der Waals surface area contributed by atoms with Crippen molar-refractivity contribution in [3.8, 4) is 0 Å². The number of nitrogens with one attached hydrogen (secondary N) is 3. The van der Waals surface area contributed by atoms with Crippen LogP contribution >= 0.6 is 0 Å². The molecule has 164 valence electrons. The van der Waals surface area contributed by atoms with E-state index in [2.05, 4.69) is 16.0 Å². The van der Waals surface area contributed by atoms with Gasteiger partial charge < -0.3 is 30.9 Å². The Balaban J connectivity index is 2.46. The predicted octanol–water partition coefficient (Wildman–Crippen LogP) is 0.240. The van der Waals surface area contributed by atoms with Crippen molar-refractivity contribution in [1.29, 1.82) is 0 Å². The minimum Gasteiger partial charge on any atom is -0.481 e. The van der Waals surface area contributed by atoms with E-state index in [-0.39, 0.29) is 13.0 Å². The van der Waals surface area contributed by atoms with Gasteiger partial charge in [-0.05, 0) is 25.8 Å². The lowest BCUT2D eigenvalue weighted by atomic mass is 10.1. The molecule has 0 heterocycles. The molecule has 0 fully saturated rings. The third-order valence-electron chi connectivity index (χ3n) is 3.95. The number of amides is 3. The second-order valence-corrected chi connectivity index (χ2v) is 6.49. The first-order chi connectivity index (χ1) is 14.1. The van der Waals surface area contributed by atoms with Gasteiger partial charge in [-0.1, -0.05) is 30.3 Å². The van der Waals surface area contributed by atoms with E-state index in [0.29, 0.717) is 0 Å². The maximum atomic E-state index is 12.1. The van der Waals surface area contributed by atoms with E-state index >= 15 is 0 Å². The van der Waals surface area contributed by atoms with Crippen molar-refractivity contribution in [2.24, 2.45) is 0 Å². The van der Waals surface area contributed by atoms with Crippen molar-refractivity contribution in [3.63, 3.8) is 0 Å². The average molecular weight is 423 g/mol. The molecule has 0 radical (unpaired) electrons. The van der Waals surface area contributed by atoms with Gasteiger partial charge in [-0.15, -0.1) is 0 Å². The molecule has 11 nitrogen and oxygen atoms in total. The highest BCUT2D eigenvalue weighted by Gasteiger charge is 2.26. The number of aliphatic carboxylic acids is 2. The van der Waals surface area contributed by atoms with E-state index in [1.165, 1.54) is 13.8 Å². The molecule has 0 saturated carbocycles. The summed E-state index contributed by atoms with van der Waals surface area (Å²) in [5.41, 5.74) is 0.769. The monoisotopic (exact) mass is 423 g/mol. The summed E-state index contributed by atoms with van der Waals surface area (Å²) >= 11 is 0. The lowest BCUT2D eigenvalue weighted by Crippen LogP contribution is -2.54. The summed E-state index contributed by atoms with van der Waals surface area (Å²) in [5, 5.41) is 24.5. The Bertz CT molecular complexity index is 768. The number of carbonyl (C=O) groups is 5. The van der Waals surface area contributed by atoms with Crippen LogP contribution in [0, 0.1) is 0 Å². The van der Waals surface area contributed by atoms with Crippen molar-refractivity contribution in [1.82, 2.24) is 16.0 Å². The quantitative estimate of drug-likeness (QED) is 0.337. The summed E-state index contributed by atoms with van der Waals surface area (Å²) in [4.78, 5) is 57.7. The van der Waals surface area contributed by atoms with Gasteiger partial charge in [0.05, 0.1) is 0 Å². The minimum atomic E-state index is -1.41. The van der Waals surface area contributed by atoms with Crippen molar-refractivity contribution < 1.29 is 38.9 Å². The van der Waals surface area contributed by atoms with Crippen molar-refractivity contribution in [2.75, 3.05) is 0 Å². The Morgan fingerprint density at radius 2 is 1.47 bits per heavy atom. The van der Waals surface area contributed by atoms with Gasteiger partial charge in [0.15, 0.2) is 0 Å². The van der Waals surface area contributed by atoms with Crippen LogP contribution in [0.3, 0.4) is 0 Å². The van der Waals surface area contributed by atoms with Gasteiger partial charge in [0.2, 0.25) is 11.8 Å². The van der Waals surface area contributed by atoms with Crippen LogP contribution in [0.5, 0.6) is 0 Å². The summed E-state index contributed by atoms with van der Waals surface area (Å²) in [5.74, 6) is -4.08. The van der Waals surface area contributed by atoms with Crippen LogP contribution in [0.25, 0.3) is 0 Å². The van der Waals surface area contributed by atoms with Crippen LogP contribution in [0.2, 0.25) is 0 Å². The third kappa shape index (κ3) is 9.04. The van der Waals surface area contributed by atoms with Crippen molar-refractivity contribution >= 4 is 29.8 Å². The summed E-state index contributed by atoms with van der Waals surface area (Å²) in [6.07, 6.45) is -1.56. The Morgan fingerprint density at radius 1 is 0.900 bits per heavy atom. The zero-order valence-corrected chi connectivity index (χ0v) is 16.6. The molecule has 0 spiro atoms. The van der Waals surface area contributed by atoms with Gasteiger partial charge in [0.25, 0.3) is 0 Å². The highest BCUT2D eigenvalue weighted by atomic mass is 16.5. The molecule has 0 aliphatic carbocycles. The first-order valence-electron chi connectivity index (χ1n) is 9.12. The van der Waals surface area contributed by atoms with Crippen LogP contribution < -0.4 is 16.0 Å². The van der Waals surface area contributed by atoms with Gasteiger partial charge >= 0.3 is 18.0 Å². The van der Waals surface area contributed by atoms with E-state index in [1.807, 2.05) is 6.07 Å². The maximum Gasteiger partial charge on any atom is 0.408 e. The lowest BCUT2D eigenvalue weighted by molar-refractivity contribution is -0.143. The van der Waals surface area contributed by atoms with Gasteiger partial charge in [0, 0.05) is 6.42 Å². The molecular formula is C19H25N3O8. The first-order valence-corrected chi connectivity index (χ1v) is 9.12. The summed E-state index contributed by atoms with van der Waals surface area (Å²) in [6, 6.07) is 5.38. The Hall–Kier alpha value is -3.63. The largest absolute Gasteiger partial charge is 0.481 e. The normalized spacial score (nSPS) is 13.3. The molecule has 0 saturated heterocycles. The smallest absolute Gasteiger partial charge is 0.408 e. The number of carbonyl (C=O) groups excluding carboxylic acids is 3. The molecular weight excluding hydrogens is 398 g/mol. The number of hydrogen-bond acceptors (Lipinski definition) is 6. The number of rotatable bonds is 11. The topological polar surface area (TPSA) is 171 Å². The first kappa shape index (κ1) is 24.4. The second-order valence-electron chi connectivity index (χ2n) is 6.49.